The van der Waals surface area contributed by atoms with Crippen LogP contribution in [-0.2, 0) is 9.53 Å². The second kappa shape index (κ2) is 4.93. The third kappa shape index (κ3) is 2.83. The molecule has 0 aliphatic rings. The lowest BCUT2D eigenvalue weighted by Crippen LogP contribution is -1.96. The van der Waals surface area contributed by atoms with Gasteiger partial charge in [0.15, 0.2) is 0 Å². The van der Waals surface area contributed by atoms with Gasteiger partial charge in [-0.15, -0.1) is 0 Å². The first-order chi connectivity index (χ1) is 6.74. The van der Waals surface area contributed by atoms with Crippen LogP contribution in [0, 0.1) is 11.8 Å². The molecule has 0 fully saturated rings. The Morgan fingerprint density at radius 1 is 1.50 bits per heavy atom. The van der Waals surface area contributed by atoms with Gasteiger partial charge in [0, 0.05) is 0 Å². The van der Waals surface area contributed by atoms with E-state index >= 15 is 0 Å². The minimum Gasteiger partial charge on any atom is -0.507 e. The Hall–Kier alpha value is -1.95. The molecule has 1 aromatic carbocycles. The summed E-state index contributed by atoms with van der Waals surface area (Å²) < 4.78 is 4.41. The van der Waals surface area contributed by atoms with Gasteiger partial charge in [0.2, 0.25) is 0 Å². The molecular formula is C11H10O3. The van der Waals surface area contributed by atoms with Gasteiger partial charge in [0.05, 0.1) is 12.7 Å². The minimum absolute atomic E-state index is 0.0326. The second-order valence-electron chi connectivity index (χ2n) is 2.57. The molecule has 0 bridgehead atoms. The van der Waals surface area contributed by atoms with Gasteiger partial charge in [0.1, 0.15) is 12.2 Å². The van der Waals surface area contributed by atoms with Crippen LogP contribution in [0.1, 0.15) is 12.0 Å². The van der Waals surface area contributed by atoms with Crippen molar-refractivity contribution in [3.05, 3.63) is 29.8 Å². The van der Waals surface area contributed by atoms with Crippen molar-refractivity contribution in [1.29, 1.82) is 0 Å². The van der Waals surface area contributed by atoms with E-state index in [4.69, 9.17) is 0 Å². The van der Waals surface area contributed by atoms with E-state index in [1.165, 1.54) is 7.11 Å². The highest BCUT2D eigenvalue weighted by Gasteiger charge is 1.95. The number of hydrogen-bond donors (Lipinski definition) is 1. The maximum Gasteiger partial charge on any atom is 0.317 e. The van der Waals surface area contributed by atoms with Crippen LogP contribution in [0.2, 0.25) is 0 Å². The average molecular weight is 190 g/mol. The van der Waals surface area contributed by atoms with E-state index in [9.17, 15) is 9.90 Å². The molecule has 3 nitrogen and oxygen atoms in total. The zero-order chi connectivity index (χ0) is 10.4. The Balaban J connectivity index is 2.68. The molecule has 0 radical (unpaired) electrons. The van der Waals surface area contributed by atoms with Crippen molar-refractivity contribution in [2.24, 2.45) is 0 Å². The normalized spacial score (nSPS) is 8.64. The first-order valence-electron chi connectivity index (χ1n) is 4.07. The van der Waals surface area contributed by atoms with Gasteiger partial charge in [-0.3, -0.25) is 4.79 Å². The molecule has 0 amide bonds. The largest absolute Gasteiger partial charge is 0.507 e. The highest BCUT2D eigenvalue weighted by Crippen LogP contribution is 2.13. The molecule has 0 spiro atoms. The standard InChI is InChI=1S/C11H10O3/c1-14-11(13)8-4-6-9-5-2-3-7-10(9)12/h2-3,5,7,12H,8H2,1H3. The van der Waals surface area contributed by atoms with E-state index in [0.717, 1.165) is 0 Å². The third-order valence-corrected chi connectivity index (χ3v) is 1.59. The Labute approximate surface area is 82.3 Å². The van der Waals surface area contributed by atoms with E-state index in [2.05, 4.69) is 16.6 Å². The summed E-state index contributed by atoms with van der Waals surface area (Å²) >= 11 is 0. The van der Waals surface area contributed by atoms with Gasteiger partial charge in [-0.2, -0.15) is 0 Å². The second-order valence-corrected chi connectivity index (χ2v) is 2.57. The summed E-state index contributed by atoms with van der Waals surface area (Å²) in [6.07, 6.45) is 0.0326. The van der Waals surface area contributed by atoms with Crippen molar-refractivity contribution in [1.82, 2.24) is 0 Å². The van der Waals surface area contributed by atoms with Crippen LogP contribution in [0.4, 0.5) is 0 Å². The molecule has 1 aromatic rings. The zero-order valence-electron chi connectivity index (χ0n) is 7.78. The van der Waals surface area contributed by atoms with Crippen molar-refractivity contribution in [2.45, 2.75) is 6.42 Å². The van der Waals surface area contributed by atoms with E-state index in [1.807, 2.05) is 0 Å². The molecule has 0 heterocycles. The summed E-state index contributed by atoms with van der Waals surface area (Å²) in [5, 5.41) is 9.31. The van der Waals surface area contributed by atoms with Crippen molar-refractivity contribution in [3.8, 4) is 17.6 Å². The molecule has 0 unspecified atom stereocenters. The van der Waals surface area contributed by atoms with E-state index in [1.54, 1.807) is 24.3 Å². The molecule has 1 N–H and O–H groups in total. The smallest absolute Gasteiger partial charge is 0.317 e. The fourth-order valence-corrected chi connectivity index (χ4v) is 0.863. The Bertz CT molecular complexity index is 385. The predicted molar refractivity (Wildman–Crippen MR) is 51.6 cm³/mol. The molecule has 0 atom stereocenters. The number of esters is 1. The van der Waals surface area contributed by atoms with Crippen LogP contribution in [0.5, 0.6) is 5.75 Å². The number of carbonyl (C=O) groups excluding carboxylic acids is 1. The number of phenolic OH excluding ortho intramolecular Hbond substituents is 1. The summed E-state index contributed by atoms with van der Waals surface area (Å²) in [6.45, 7) is 0. The average Bonchev–Trinajstić information content (AvgIpc) is 2.20. The monoisotopic (exact) mass is 190 g/mol. The lowest BCUT2D eigenvalue weighted by atomic mass is 10.2. The number of carbonyl (C=O) groups is 1. The molecular weight excluding hydrogens is 180 g/mol. The molecule has 0 saturated carbocycles. The number of hydrogen-bond acceptors (Lipinski definition) is 3. The minimum atomic E-state index is -0.382. The fraction of sp³-hybridized carbons (Fsp3) is 0.182. The van der Waals surface area contributed by atoms with E-state index in [-0.39, 0.29) is 18.1 Å². The Morgan fingerprint density at radius 2 is 2.21 bits per heavy atom. The molecule has 14 heavy (non-hydrogen) atoms. The van der Waals surface area contributed by atoms with Gasteiger partial charge < -0.3 is 9.84 Å². The molecule has 72 valence electrons. The Morgan fingerprint density at radius 3 is 2.86 bits per heavy atom. The van der Waals surface area contributed by atoms with Gasteiger partial charge in [0.25, 0.3) is 0 Å². The SMILES string of the molecule is COC(=O)CC#Cc1ccccc1O. The Kier molecular flexibility index (Phi) is 3.57. The molecule has 0 aliphatic heterocycles. The van der Waals surface area contributed by atoms with Gasteiger partial charge in [-0.05, 0) is 12.1 Å². The summed E-state index contributed by atoms with van der Waals surface area (Å²) in [5.74, 6) is 5.02. The number of phenols is 1. The van der Waals surface area contributed by atoms with Gasteiger partial charge in [-0.1, -0.05) is 24.0 Å². The lowest BCUT2D eigenvalue weighted by Gasteiger charge is -1.93. The van der Waals surface area contributed by atoms with Gasteiger partial charge >= 0.3 is 5.97 Å². The van der Waals surface area contributed by atoms with Crippen molar-refractivity contribution in [2.75, 3.05) is 7.11 Å². The lowest BCUT2D eigenvalue weighted by molar-refractivity contribution is -0.139. The number of benzene rings is 1. The highest BCUT2D eigenvalue weighted by atomic mass is 16.5. The number of aromatic hydroxyl groups is 1. The quantitative estimate of drug-likeness (QED) is 0.536. The topological polar surface area (TPSA) is 46.5 Å². The summed E-state index contributed by atoms with van der Waals surface area (Å²) in [6, 6.07) is 6.70. The molecule has 3 heteroatoms. The van der Waals surface area contributed by atoms with Gasteiger partial charge in [-0.25, -0.2) is 0 Å². The number of methoxy groups -OCH3 is 1. The molecule has 0 aliphatic carbocycles. The summed E-state index contributed by atoms with van der Waals surface area (Å²) in [5.41, 5.74) is 0.511. The number of rotatable bonds is 1. The van der Waals surface area contributed by atoms with Crippen LogP contribution in [0.15, 0.2) is 24.3 Å². The van der Waals surface area contributed by atoms with Crippen LogP contribution < -0.4 is 0 Å². The predicted octanol–water partition coefficient (Wildman–Crippen LogP) is 1.31. The first kappa shape index (κ1) is 10.1. The number of ether oxygens (including phenoxy) is 1. The van der Waals surface area contributed by atoms with E-state index in [0.29, 0.717) is 5.56 Å². The van der Waals surface area contributed by atoms with Crippen LogP contribution in [0.25, 0.3) is 0 Å². The van der Waals surface area contributed by atoms with Crippen LogP contribution >= 0.6 is 0 Å². The fourth-order valence-electron chi connectivity index (χ4n) is 0.863. The third-order valence-electron chi connectivity index (χ3n) is 1.59. The van der Waals surface area contributed by atoms with Crippen molar-refractivity contribution in [3.63, 3.8) is 0 Å². The van der Waals surface area contributed by atoms with Crippen LogP contribution in [0.3, 0.4) is 0 Å². The van der Waals surface area contributed by atoms with Crippen molar-refractivity contribution >= 4 is 5.97 Å². The maximum atomic E-state index is 10.7. The summed E-state index contributed by atoms with van der Waals surface area (Å²) in [7, 11) is 1.31. The van der Waals surface area contributed by atoms with Crippen molar-refractivity contribution < 1.29 is 14.6 Å². The highest BCUT2D eigenvalue weighted by molar-refractivity contribution is 5.72. The molecule has 1 rings (SSSR count). The zero-order valence-corrected chi connectivity index (χ0v) is 7.78. The maximum absolute atomic E-state index is 10.7. The van der Waals surface area contributed by atoms with Crippen LogP contribution in [-0.4, -0.2) is 18.2 Å². The molecule has 0 saturated heterocycles. The number of para-hydroxylation sites is 1. The molecule has 0 aromatic heterocycles. The summed E-state index contributed by atoms with van der Waals surface area (Å²) in [4.78, 5) is 10.7. The first-order valence-corrected chi connectivity index (χ1v) is 4.07. The van der Waals surface area contributed by atoms with E-state index < -0.39 is 0 Å².